The summed E-state index contributed by atoms with van der Waals surface area (Å²) in [6.45, 7) is -0.989. The minimum absolute atomic E-state index is 0.0988. The number of aromatic nitrogens is 2. The largest absolute Gasteiger partial charge is 0.383 e. The fourth-order valence-electron chi connectivity index (χ4n) is 2.37. The Labute approximate surface area is 143 Å². The average Bonchev–Trinajstić information content (AvgIpc) is 2.95. The highest BCUT2D eigenvalue weighted by atomic mass is 32.2. The van der Waals surface area contributed by atoms with Gasteiger partial charge >= 0.3 is 6.55 Å². The summed E-state index contributed by atoms with van der Waals surface area (Å²) in [5.74, 6) is -0.204. The molecule has 1 aromatic rings. The van der Waals surface area contributed by atoms with Crippen LogP contribution in [0.4, 0.5) is 8.78 Å². The van der Waals surface area contributed by atoms with E-state index in [9.17, 15) is 22.0 Å². The number of rotatable bonds is 8. The monoisotopic (exact) mass is 382 g/mol. The summed E-state index contributed by atoms with van der Waals surface area (Å²) in [6.07, 6.45) is 0.328. The van der Waals surface area contributed by atoms with Gasteiger partial charge in [0.15, 0.2) is 0 Å². The number of hydrogen-bond donors (Lipinski definition) is 1. The number of alkyl halides is 2. The first-order valence-corrected chi connectivity index (χ1v) is 8.94. The van der Waals surface area contributed by atoms with E-state index in [1.54, 1.807) is 0 Å². The molecule has 1 fully saturated rings. The molecular weight excluding hydrogens is 362 g/mol. The predicted molar refractivity (Wildman–Crippen MR) is 81.6 cm³/mol. The first-order chi connectivity index (χ1) is 11.8. The van der Waals surface area contributed by atoms with Gasteiger partial charge in [-0.2, -0.15) is 13.9 Å². The van der Waals surface area contributed by atoms with Gasteiger partial charge in [0, 0.05) is 26.7 Å². The zero-order chi connectivity index (χ0) is 18.6. The molecule has 1 aliphatic rings. The number of morpholine rings is 1. The molecule has 0 radical (unpaired) electrons. The van der Waals surface area contributed by atoms with Crippen LogP contribution in [0.15, 0.2) is 11.1 Å². The van der Waals surface area contributed by atoms with E-state index in [4.69, 9.17) is 9.47 Å². The second-order valence-corrected chi connectivity index (χ2v) is 7.17. The van der Waals surface area contributed by atoms with Gasteiger partial charge in [0.1, 0.15) is 11.5 Å². The third-order valence-electron chi connectivity index (χ3n) is 3.76. The fourth-order valence-corrected chi connectivity index (χ4v) is 3.60. The number of nitrogens with zero attached hydrogens (tertiary/aromatic N) is 3. The summed E-state index contributed by atoms with van der Waals surface area (Å²) in [6, 6.07) is 0. The highest BCUT2D eigenvalue weighted by Gasteiger charge is 2.29. The van der Waals surface area contributed by atoms with E-state index in [0.717, 1.165) is 6.20 Å². The molecule has 12 heteroatoms. The van der Waals surface area contributed by atoms with Crippen molar-refractivity contribution in [3.8, 4) is 0 Å². The summed E-state index contributed by atoms with van der Waals surface area (Å²) in [5, 5.41) is 3.38. The third kappa shape index (κ3) is 4.71. The Balaban J connectivity index is 1.99. The molecule has 0 aliphatic carbocycles. The van der Waals surface area contributed by atoms with Crippen LogP contribution in [0.25, 0.3) is 0 Å². The molecule has 1 N–H and O–H groups in total. The molecule has 0 bridgehead atoms. The van der Waals surface area contributed by atoms with Crippen molar-refractivity contribution in [1.82, 2.24) is 19.4 Å². The molecule has 2 heterocycles. The summed E-state index contributed by atoms with van der Waals surface area (Å²) < 4.78 is 62.8. The second kappa shape index (κ2) is 8.17. The lowest BCUT2D eigenvalue weighted by Gasteiger charge is -2.32. The van der Waals surface area contributed by atoms with Crippen molar-refractivity contribution >= 4 is 15.9 Å². The van der Waals surface area contributed by atoms with Gasteiger partial charge < -0.3 is 14.4 Å². The van der Waals surface area contributed by atoms with E-state index in [1.807, 2.05) is 0 Å². The van der Waals surface area contributed by atoms with Crippen LogP contribution in [0.2, 0.25) is 0 Å². The molecule has 1 aromatic heterocycles. The normalized spacial score (nSPS) is 19.0. The SMILES string of the molecule is COCCN1CC(CNS(=O)(=O)c2cnn(C(F)F)c2C)OCC1=O. The molecule has 1 aliphatic heterocycles. The molecule has 9 nitrogen and oxygen atoms in total. The van der Waals surface area contributed by atoms with Crippen molar-refractivity contribution in [3.05, 3.63) is 11.9 Å². The Hall–Kier alpha value is -1.63. The first kappa shape index (κ1) is 19.7. The number of nitrogens with one attached hydrogen (secondary N) is 1. The summed E-state index contributed by atoms with van der Waals surface area (Å²) in [4.78, 5) is 12.9. The molecule has 25 heavy (non-hydrogen) atoms. The van der Waals surface area contributed by atoms with E-state index in [1.165, 1.54) is 18.9 Å². The highest BCUT2D eigenvalue weighted by molar-refractivity contribution is 7.89. The van der Waals surface area contributed by atoms with Gasteiger partial charge in [0.05, 0.1) is 24.6 Å². The molecule has 1 unspecified atom stereocenters. The maximum absolute atomic E-state index is 12.7. The van der Waals surface area contributed by atoms with E-state index in [2.05, 4.69) is 9.82 Å². The summed E-state index contributed by atoms with van der Waals surface area (Å²) in [7, 11) is -2.51. The number of halogens is 2. The maximum atomic E-state index is 12.7. The zero-order valence-corrected chi connectivity index (χ0v) is 14.6. The van der Waals surface area contributed by atoms with Crippen LogP contribution in [0, 0.1) is 6.92 Å². The number of ether oxygens (including phenoxy) is 2. The van der Waals surface area contributed by atoms with Crippen LogP contribution in [0.1, 0.15) is 12.2 Å². The minimum atomic E-state index is -4.03. The van der Waals surface area contributed by atoms with Crippen LogP contribution in [0.5, 0.6) is 0 Å². The standard InChI is InChI=1S/C13H20F2N4O5S/c1-9-11(6-16-19(9)13(14)15)25(21,22)17-5-10-7-18(3-4-23-2)12(20)8-24-10/h6,10,13,17H,3-5,7-8H2,1-2H3. The van der Waals surface area contributed by atoms with Crippen LogP contribution in [0.3, 0.4) is 0 Å². The number of sulfonamides is 1. The molecule has 1 saturated heterocycles. The highest BCUT2D eigenvalue weighted by Crippen LogP contribution is 2.19. The molecular formula is C13H20F2N4O5S. The lowest BCUT2D eigenvalue weighted by molar-refractivity contribution is -0.149. The van der Waals surface area contributed by atoms with Gasteiger partial charge in [0.25, 0.3) is 0 Å². The number of carbonyl (C=O) groups is 1. The lowest BCUT2D eigenvalue weighted by atomic mass is 10.2. The Morgan fingerprint density at radius 3 is 2.84 bits per heavy atom. The maximum Gasteiger partial charge on any atom is 0.333 e. The van der Waals surface area contributed by atoms with E-state index in [0.29, 0.717) is 17.8 Å². The van der Waals surface area contributed by atoms with Crippen molar-refractivity contribution in [2.24, 2.45) is 0 Å². The van der Waals surface area contributed by atoms with Crippen molar-refractivity contribution < 1.29 is 31.5 Å². The molecule has 1 amide bonds. The quantitative estimate of drug-likeness (QED) is 0.665. The van der Waals surface area contributed by atoms with Crippen LogP contribution < -0.4 is 4.72 Å². The molecule has 2 rings (SSSR count). The lowest BCUT2D eigenvalue weighted by Crippen LogP contribution is -2.51. The predicted octanol–water partition coefficient (Wildman–Crippen LogP) is -0.261. The molecule has 1 atom stereocenters. The minimum Gasteiger partial charge on any atom is -0.383 e. The van der Waals surface area contributed by atoms with Crippen LogP contribution in [-0.2, 0) is 24.3 Å². The number of hydrogen-bond acceptors (Lipinski definition) is 6. The van der Waals surface area contributed by atoms with E-state index in [-0.39, 0.29) is 36.2 Å². The molecule has 142 valence electrons. The van der Waals surface area contributed by atoms with Gasteiger partial charge in [-0.3, -0.25) is 4.79 Å². The zero-order valence-electron chi connectivity index (χ0n) is 13.8. The topological polar surface area (TPSA) is 103 Å². The smallest absolute Gasteiger partial charge is 0.333 e. The van der Waals surface area contributed by atoms with Gasteiger partial charge in [-0.25, -0.2) is 17.8 Å². The van der Waals surface area contributed by atoms with E-state index >= 15 is 0 Å². The second-order valence-electron chi connectivity index (χ2n) is 5.43. The van der Waals surface area contributed by atoms with Crippen molar-refractivity contribution in [3.63, 3.8) is 0 Å². The Bertz CT molecular complexity index is 709. The Morgan fingerprint density at radius 1 is 1.52 bits per heavy atom. The van der Waals surface area contributed by atoms with E-state index < -0.39 is 22.7 Å². The van der Waals surface area contributed by atoms with Crippen molar-refractivity contribution in [2.45, 2.75) is 24.5 Å². The molecule has 0 saturated carbocycles. The van der Waals surface area contributed by atoms with Crippen molar-refractivity contribution in [2.75, 3.05) is 40.0 Å². The van der Waals surface area contributed by atoms with Gasteiger partial charge in [-0.15, -0.1) is 0 Å². The number of amides is 1. The van der Waals surface area contributed by atoms with Gasteiger partial charge in [-0.1, -0.05) is 0 Å². The fraction of sp³-hybridized carbons (Fsp3) is 0.692. The van der Waals surface area contributed by atoms with Crippen molar-refractivity contribution in [1.29, 1.82) is 0 Å². The average molecular weight is 382 g/mol. The number of methoxy groups -OCH3 is 1. The third-order valence-corrected chi connectivity index (χ3v) is 5.29. The molecule has 0 spiro atoms. The molecule has 0 aromatic carbocycles. The van der Waals surface area contributed by atoms with Gasteiger partial charge in [-0.05, 0) is 6.92 Å². The van der Waals surface area contributed by atoms with Crippen LogP contribution in [-0.4, -0.2) is 75.1 Å². The first-order valence-electron chi connectivity index (χ1n) is 7.46. The summed E-state index contributed by atoms with van der Waals surface area (Å²) in [5.41, 5.74) is -0.163. The van der Waals surface area contributed by atoms with Crippen LogP contribution >= 0.6 is 0 Å². The summed E-state index contributed by atoms with van der Waals surface area (Å²) >= 11 is 0. The Kier molecular flexibility index (Phi) is 6.43. The van der Waals surface area contributed by atoms with Gasteiger partial charge in [0.2, 0.25) is 15.9 Å². The Morgan fingerprint density at radius 2 is 2.24 bits per heavy atom. The number of carbonyl (C=O) groups excluding carboxylic acids is 1.